The Bertz CT molecular complexity index is 1230. The molecule has 0 saturated heterocycles. The van der Waals surface area contributed by atoms with Crippen molar-refractivity contribution in [2.24, 2.45) is 0 Å². The quantitative estimate of drug-likeness (QED) is 0.413. The van der Waals surface area contributed by atoms with E-state index in [2.05, 4.69) is 42.7 Å². The Morgan fingerprint density at radius 3 is 2.70 bits per heavy atom. The first-order valence-corrected chi connectivity index (χ1v) is 10.9. The molecule has 0 fully saturated rings. The van der Waals surface area contributed by atoms with Gasteiger partial charge in [0.25, 0.3) is 0 Å². The van der Waals surface area contributed by atoms with Crippen LogP contribution >= 0.6 is 0 Å². The van der Waals surface area contributed by atoms with E-state index in [0.29, 0.717) is 28.6 Å². The van der Waals surface area contributed by atoms with Gasteiger partial charge in [0.1, 0.15) is 11.3 Å². The minimum atomic E-state index is -0.299. The van der Waals surface area contributed by atoms with Gasteiger partial charge in [0.2, 0.25) is 5.88 Å². The number of ether oxygens (including phenoxy) is 1. The highest BCUT2D eigenvalue weighted by atomic mass is 16.5. The largest absolute Gasteiger partial charge is 0.481 e. The average molecular weight is 443 g/mol. The minimum absolute atomic E-state index is 0.0404. The van der Waals surface area contributed by atoms with Gasteiger partial charge in [-0.3, -0.25) is 10.3 Å². The SMILES string of the molecule is COc1ncccc1-c1cnc2ccc(NC(=O)N[C@H](C)CCCc3ccccc3)nc2n1. The lowest BCUT2D eigenvalue weighted by molar-refractivity contribution is 0.248. The first kappa shape index (κ1) is 22.1. The summed E-state index contributed by atoms with van der Waals surface area (Å²) in [6, 6.07) is 17.2. The second-order valence-electron chi connectivity index (χ2n) is 7.73. The number of hydrogen-bond acceptors (Lipinski definition) is 6. The molecule has 1 atom stereocenters. The van der Waals surface area contributed by atoms with Crippen molar-refractivity contribution in [1.82, 2.24) is 25.3 Å². The third kappa shape index (κ3) is 5.79. The highest BCUT2D eigenvalue weighted by molar-refractivity contribution is 5.89. The van der Waals surface area contributed by atoms with E-state index in [4.69, 9.17) is 4.74 Å². The molecule has 168 valence electrons. The van der Waals surface area contributed by atoms with Crippen molar-refractivity contribution in [3.8, 4) is 17.1 Å². The summed E-state index contributed by atoms with van der Waals surface area (Å²) in [5.74, 6) is 0.863. The van der Waals surface area contributed by atoms with Crippen molar-refractivity contribution in [1.29, 1.82) is 0 Å². The number of methoxy groups -OCH3 is 1. The molecular formula is C25H26N6O2. The lowest BCUT2D eigenvalue weighted by Gasteiger charge is -2.14. The van der Waals surface area contributed by atoms with Crippen molar-refractivity contribution in [2.75, 3.05) is 12.4 Å². The van der Waals surface area contributed by atoms with Crippen LogP contribution in [0.25, 0.3) is 22.4 Å². The molecule has 33 heavy (non-hydrogen) atoms. The molecule has 8 nitrogen and oxygen atoms in total. The highest BCUT2D eigenvalue weighted by Gasteiger charge is 2.12. The summed E-state index contributed by atoms with van der Waals surface area (Å²) in [4.78, 5) is 30.1. The molecule has 0 aliphatic heterocycles. The summed E-state index contributed by atoms with van der Waals surface area (Å²) in [7, 11) is 1.56. The van der Waals surface area contributed by atoms with E-state index in [9.17, 15) is 4.79 Å². The lowest BCUT2D eigenvalue weighted by atomic mass is 10.1. The zero-order valence-electron chi connectivity index (χ0n) is 18.7. The van der Waals surface area contributed by atoms with Crippen LogP contribution in [0.1, 0.15) is 25.3 Å². The molecule has 0 bridgehead atoms. The molecule has 0 radical (unpaired) electrons. The number of amides is 2. The zero-order valence-corrected chi connectivity index (χ0v) is 18.7. The van der Waals surface area contributed by atoms with Crippen LogP contribution in [-0.2, 0) is 6.42 Å². The maximum absolute atomic E-state index is 12.4. The van der Waals surface area contributed by atoms with Gasteiger partial charge in [-0.25, -0.2) is 19.7 Å². The number of pyridine rings is 2. The lowest BCUT2D eigenvalue weighted by Crippen LogP contribution is -2.36. The van der Waals surface area contributed by atoms with Crippen molar-refractivity contribution < 1.29 is 9.53 Å². The number of carbonyl (C=O) groups excluding carboxylic acids is 1. The average Bonchev–Trinajstić information content (AvgIpc) is 2.84. The second-order valence-corrected chi connectivity index (χ2v) is 7.73. The Hall–Kier alpha value is -4.07. The fourth-order valence-corrected chi connectivity index (χ4v) is 3.55. The number of anilines is 1. The smallest absolute Gasteiger partial charge is 0.320 e. The second kappa shape index (κ2) is 10.5. The van der Waals surface area contributed by atoms with E-state index in [1.807, 2.05) is 31.2 Å². The highest BCUT2D eigenvalue weighted by Crippen LogP contribution is 2.26. The predicted molar refractivity (Wildman–Crippen MR) is 128 cm³/mol. The van der Waals surface area contributed by atoms with E-state index in [1.54, 1.807) is 37.7 Å². The first-order valence-electron chi connectivity index (χ1n) is 10.9. The Morgan fingerprint density at radius 2 is 1.88 bits per heavy atom. The molecule has 3 heterocycles. The van der Waals surface area contributed by atoms with Crippen LogP contribution in [0.15, 0.2) is 67.0 Å². The molecule has 3 aromatic heterocycles. The Balaban J connectivity index is 1.38. The van der Waals surface area contributed by atoms with Crippen LogP contribution in [0, 0.1) is 0 Å². The van der Waals surface area contributed by atoms with Gasteiger partial charge >= 0.3 is 6.03 Å². The number of aromatic nitrogens is 4. The monoisotopic (exact) mass is 442 g/mol. The Kier molecular flexibility index (Phi) is 7.04. The molecular weight excluding hydrogens is 416 g/mol. The van der Waals surface area contributed by atoms with E-state index >= 15 is 0 Å². The van der Waals surface area contributed by atoms with Crippen molar-refractivity contribution in [3.63, 3.8) is 0 Å². The van der Waals surface area contributed by atoms with Gasteiger partial charge in [0.15, 0.2) is 5.65 Å². The number of urea groups is 1. The molecule has 0 unspecified atom stereocenters. The molecule has 0 aliphatic rings. The summed E-state index contributed by atoms with van der Waals surface area (Å²) in [5.41, 5.74) is 3.66. The molecule has 2 amide bonds. The van der Waals surface area contributed by atoms with Gasteiger partial charge in [0, 0.05) is 12.2 Å². The number of rotatable bonds is 8. The summed E-state index contributed by atoms with van der Waals surface area (Å²) < 4.78 is 5.31. The predicted octanol–water partition coefficient (Wildman–Crippen LogP) is 4.63. The normalized spacial score (nSPS) is 11.7. The molecule has 4 rings (SSSR count). The van der Waals surface area contributed by atoms with Crippen LogP contribution in [0.5, 0.6) is 5.88 Å². The van der Waals surface area contributed by atoms with Crippen molar-refractivity contribution in [2.45, 2.75) is 32.2 Å². The minimum Gasteiger partial charge on any atom is -0.481 e. The van der Waals surface area contributed by atoms with Gasteiger partial charge in [-0.1, -0.05) is 30.3 Å². The maximum atomic E-state index is 12.4. The van der Waals surface area contributed by atoms with Crippen LogP contribution in [-0.4, -0.2) is 39.1 Å². The molecule has 2 N–H and O–H groups in total. The first-order chi connectivity index (χ1) is 16.1. The molecule has 1 aromatic carbocycles. The van der Waals surface area contributed by atoms with Crippen molar-refractivity contribution >= 4 is 23.0 Å². The zero-order chi connectivity index (χ0) is 23.0. The van der Waals surface area contributed by atoms with Gasteiger partial charge in [-0.15, -0.1) is 0 Å². The van der Waals surface area contributed by atoms with Crippen molar-refractivity contribution in [3.05, 3.63) is 72.6 Å². The number of fused-ring (bicyclic) bond motifs is 1. The van der Waals surface area contributed by atoms with Gasteiger partial charge < -0.3 is 10.1 Å². The summed E-state index contributed by atoms with van der Waals surface area (Å²) in [5, 5.41) is 5.75. The van der Waals surface area contributed by atoms with Gasteiger partial charge in [-0.2, -0.15) is 0 Å². The topological polar surface area (TPSA) is 102 Å². The molecule has 8 heteroatoms. The number of aryl methyl sites for hydroxylation is 1. The molecule has 0 aliphatic carbocycles. The molecule has 0 spiro atoms. The van der Waals surface area contributed by atoms with Gasteiger partial charge in [-0.05, 0) is 56.0 Å². The number of carbonyl (C=O) groups is 1. The standard InChI is InChI=1S/C25H26N6O2/c1-17(8-6-11-18-9-4-3-5-10-18)28-25(32)31-22-14-13-20-23(30-22)29-21(16-27-20)19-12-7-15-26-24(19)33-2/h3-5,7,9-10,12-17H,6,8,11H2,1-2H3,(H2,28,29,30,31,32)/t17-/m1/s1. The summed E-state index contributed by atoms with van der Waals surface area (Å²) in [6.45, 7) is 2.00. The van der Waals surface area contributed by atoms with E-state index < -0.39 is 0 Å². The number of nitrogens with zero attached hydrogens (tertiary/aromatic N) is 4. The van der Waals surface area contributed by atoms with Crippen LogP contribution in [0.3, 0.4) is 0 Å². The van der Waals surface area contributed by atoms with Crippen LogP contribution in [0.4, 0.5) is 10.6 Å². The van der Waals surface area contributed by atoms with E-state index in [1.165, 1.54) is 5.56 Å². The van der Waals surface area contributed by atoms with E-state index in [0.717, 1.165) is 24.8 Å². The third-order valence-corrected chi connectivity index (χ3v) is 5.21. The fourth-order valence-electron chi connectivity index (χ4n) is 3.55. The van der Waals surface area contributed by atoms with Crippen LogP contribution < -0.4 is 15.4 Å². The Labute approximate surface area is 192 Å². The number of benzene rings is 1. The Morgan fingerprint density at radius 1 is 1.03 bits per heavy atom. The summed E-state index contributed by atoms with van der Waals surface area (Å²) >= 11 is 0. The fraction of sp³-hybridized carbons (Fsp3) is 0.240. The molecule has 4 aromatic rings. The van der Waals surface area contributed by atoms with E-state index in [-0.39, 0.29) is 12.1 Å². The summed E-state index contributed by atoms with van der Waals surface area (Å²) in [6.07, 6.45) is 6.17. The maximum Gasteiger partial charge on any atom is 0.320 e. The van der Waals surface area contributed by atoms with Gasteiger partial charge in [0.05, 0.1) is 24.6 Å². The third-order valence-electron chi connectivity index (χ3n) is 5.21. The number of nitrogens with one attached hydrogen (secondary N) is 2. The number of hydrogen-bond donors (Lipinski definition) is 2. The molecule has 0 saturated carbocycles. The van der Waals surface area contributed by atoms with Crippen LogP contribution in [0.2, 0.25) is 0 Å².